The van der Waals surface area contributed by atoms with Gasteiger partial charge >= 0.3 is 0 Å². The Kier molecular flexibility index (Phi) is 4.49. The van der Waals surface area contributed by atoms with E-state index in [4.69, 9.17) is 15.3 Å². The largest absolute Gasteiger partial charge is 0.487 e. The van der Waals surface area contributed by atoms with Gasteiger partial charge in [0.05, 0.1) is 10.7 Å². The van der Waals surface area contributed by atoms with Crippen molar-refractivity contribution in [1.29, 1.82) is 10.5 Å². The highest BCUT2D eigenvalue weighted by atomic mass is 32.1. The van der Waals surface area contributed by atoms with E-state index < -0.39 is 0 Å². The van der Waals surface area contributed by atoms with E-state index in [1.807, 2.05) is 24.4 Å². The minimum atomic E-state index is 0.0802. The number of allylic oxidation sites excluding steroid dienone is 1. The number of hydrogen-bond acceptors (Lipinski definition) is 5. The van der Waals surface area contributed by atoms with Crippen LogP contribution in [0.2, 0.25) is 0 Å². The molecule has 0 amide bonds. The molecular formula is C15H11N3OS. The Hall–Kier alpha value is -2.63. The van der Waals surface area contributed by atoms with Gasteiger partial charge in [0, 0.05) is 5.38 Å². The molecule has 5 heteroatoms. The molecule has 1 aromatic heterocycles. The second-order valence-electron chi connectivity index (χ2n) is 4.00. The van der Waals surface area contributed by atoms with E-state index >= 15 is 0 Å². The summed E-state index contributed by atoms with van der Waals surface area (Å²) in [5.74, 6) is 0.725. The van der Waals surface area contributed by atoms with Crippen LogP contribution < -0.4 is 4.74 Å². The summed E-state index contributed by atoms with van der Waals surface area (Å²) in [4.78, 5) is 4.32. The Labute approximate surface area is 121 Å². The minimum Gasteiger partial charge on any atom is -0.487 e. The lowest BCUT2D eigenvalue weighted by atomic mass is 10.1. The van der Waals surface area contributed by atoms with Gasteiger partial charge in [-0.25, -0.2) is 4.98 Å². The summed E-state index contributed by atoms with van der Waals surface area (Å²) in [5.41, 5.74) is 1.78. The number of nitrogens with zero attached hydrogens (tertiary/aromatic N) is 3. The van der Waals surface area contributed by atoms with Crippen molar-refractivity contribution in [3.05, 3.63) is 51.5 Å². The van der Waals surface area contributed by atoms with Crippen molar-refractivity contribution in [2.24, 2.45) is 0 Å². The van der Waals surface area contributed by atoms with Crippen LogP contribution in [0.5, 0.6) is 5.75 Å². The van der Waals surface area contributed by atoms with Crippen LogP contribution in [-0.2, 0) is 6.61 Å². The van der Waals surface area contributed by atoms with Crippen LogP contribution in [-0.4, -0.2) is 4.98 Å². The van der Waals surface area contributed by atoms with Crippen LogP contribution in [0.4, 0.5) is 0 Å². The molecule has 0 saturated heterocycles. The zero-order valence-corrected chi connectivity index (χ0v) is 11.6. The molecule has 0 fully saturated rings. The third-order valence-corrected chi connectivity index (χ3v) is 3.31. The van der Waals surface area contributed by atoms with Gasteiger partial charge in [0.25, 0.3) is 0 Å². The number of rotatable bonds is 4. The van der Waals surface area contributed by atoms with Crippen molar-refractivity contribution in [3.63, 3.8) is 0 Å². The standard InChI is InChI=1S/C15H11N3OS/c1-11-18-14(10-20-11)9-19-15-4-2-12(3-5-15)6-13(7-16)8-17/h2-6,10H,9H2,1H3. The molecule has 4 nitrogen and oxygen atoms in total. The lowest BCUT2D eigenvalue weighted by molar-refractivity contribution is 0.302. The number of ether oxygens (including phenoxy) is 1. The maximum atomic E-state index is 8.68. The first kappa shape index (κ1) is 13.8. The SMILES string of the molecule is Cc1nc(COc2ccc(C=C(C#N)C#N)cc2)cs1. The Bertz CT molecular complexity index is 686. The molecule has 1 aromatic carbocycles. The number of thiazole rings is 1. The molecule has 0 aliphatic carbocycles. The first-order chi connectivity index (χ1) is 9.71. The number of hydrogen-bond donors (Lipinski definition) is 0. The number of aryl methyl sites for hydroxylation is 1. The van der Waals surface area contributed by atoms with E-state index in [-0.39, 0.29) is 5.57 Å². The van der Waals surface area contributed by atoms with Crippen molar-refractivity contribution < 1.29 is 4.74 Å². The summed E-state index contributed by atoms with van der Waals surface area (Å²) in [7, 11) is 0. The molecule has 20 heavy (non-hydrogen) atoms. The van der Waals surface area contributed by atoms with Crippen LogP contribution in [0.15, 0.2) is 35.2 Å². The second-order valence-corrected chi connectivity index (χ2v) is 5.06. The number of nitriles is 2. The monoisotopic (exact) mass is 281 g/mol. The minimum absolute atomic E-state index is 0.0802. The quantitative estimate of drug-likeness (QED) is 0.805. The summed E-state index contributed by atoms with van der Waals surface area (Å²) in [6, 6.07) is 10.9. The van der Waals surface area contributed by atoms with E-state index in [9.17, 15) is 0 Å². The molecule has 0 aliphatic heterocycles. The Morgan fingerprint density at radius 2 is 2.00 bits per heavy atom. The van der Waals surface area contributed by atoms with Crippen LogP contribution in [0.25, 0.3) is 6.08 Å². The maximum Gasteiger partial charge on any atom is 0.131 e. The number of benzene rings is 1. The molecule has 0 bridgehead atoms. The Morgan fingerprint density at radius 1 is 1.30 bits per heavy atom. The van der Waals surface area contributed by atoms with Gasteiger partial charge in [0.1, 0.15) is 30.1 Å². The highest BCUT2D eigenvalue weighted by Crippen LogP contribution is 2.16. The molecule has 0 unspecified atom stereocenters. The first-order valence-electron chi connectivity index (χ1n) is 5.87. The highest BCUT2D eigenvalue weighted by Gasteiger charge is 2.00. The van der Waals surface area contributed by atoms with E-state index in [0.717, 1.165) is 22.0 Å². The molecule has 0 aliphatic rings. The maximum absolute atomic E-state index is 8.68. The molecule has 2 aromatic rings. The summed E-state index contributed by atoms with van der Waals surface area (Å²) < 4.78 is 5.61. The van der Waals surface area contributed by atoms with Crippen LogP contribution in [0, 0.1) is 29.6 Å². The highest BCUT2D eigenvalue weighted by molar-refractivity contribution is 7.09. The zero-order valence-electron chi connectivity index (χ0n) is 10.8. The van der Waals surface area contributed by atoms with Crippen LogP contribution in [0.1, 0.15) is 16.3 Å². The molecule has 0 atom stereocenters. The number of aromatic nitrogens is 1. The normalized spacial score (nSPS) is 9.35. The molecule has 98 valence electrons. The fourth-order valence-electron chi connectivity index (χ4n) is 1.55. The van der Waals surface area contributed by atoms with Gasteiger partial charge in [-0.1, -0.05) is 12.1 Å². The first-order valence-corrected chi connectivity index (χ1v) is 6.75. The van der Waals surface area contributed by atoms with Crippen molar-refractivity contribution >= 4 is 17.4 Å². The topological polar surface area (TPSA) is 69.7 Å². The van der Waals surface area contributed by atoms with Crippen LogP contribution in [0.3, 0.4) is 0 Å². The van der Waals surface area contributed by atoms with E-state index in [1.165, 1.54) is 6.08 Å². The molecule has 0 N–H and O–H groups in total. The molecule has 2 rings (SSSR count). The molecule has 0 radical (unpaired) electrons. The predicted octanol–water partition coefficient (Wildman–Crippen LogP) is 3.46. The predicted molar refractivity (Wildman–Crippen MR) is 76.8 cm³/mol. The second kappa shape index (κ2) is 6.51. The van der Waals surface area contributed by atoms with Gasteiger partial charge < -0.3 is 4.74 Å². The van der Waals surface area contributed by atoms with Gasteiger partial charge in [-0.15, -0.1) is 11.3 Å². The third kappa shape index (κ3) is 3.68. The Morgan fingerprint density at radius 3 is 2.55 bits per heavy atom. The summed E-state index contributed by atoms with van der Waals surface area (Å²) in [6.07, 6.45) is 1.54. The van der Waals surface area contributed by atoms with Crippen LogP contribution >= 0.6 is 11.3 Å². The average molecular weight is 281 g/mol. The van der Waals surface area contributed by atoms with Crippen molar-refractivity contribution in [3.8, 4) is 17.9 Å². The van der Waals surface area contributed by atoms with Gasteiger partial charge in [-0.3, -0.25) is 0 Å². The average Bonchev–Trinajstić information content (AvgIpc) is 2.89. The fraction of sp³-hybridized carbons (Fsp3) is 0.133. The summed E-state index contributed by atoms with van der Waals surface area (Å²) in [6.45, 7) is 2.39. The molecular weight excluding hydrogens is 270 g/mol. The van der Waals surface area contributed by atoms with Gasteiger partial charge in [-0.2, -0.15) is 10.5 Å². The fourth-order valence-corrected chi connectivity index (χ4v) is 2.15. The van der Waals surface area contributed by atoms with E-state index in [2.05, 4.69) is 4.98 Å². The van der Waals surface area contributed by atoms with Crippen molar-refractivity contribution in [2.45, 2.75) is 13.5 Å². The molecule has 1 heterocycles. The molecule has 0 spiro atoms. The summed E-state index contributed by atoms with van der Waals surface area (Å²) in [5, 5.41) is 20.4. The van der Waals surface area contributed by atoms with E-state index in [0.29, 0.717) is 6.61 Å². The van der Waals surface area contributed by atoms with Crippen molar-refractivity contribution in [1.82, 2.24) is 4.98 Å². The Balaban J connectivity index is 2.00. The van der Waals surface area contributed by atoms with Gasteiger partial charge in [0.2, 0.25) is 0 Å². The lowest BCUT2D eigenvalue weighted by Crippen LogP contribution is -1.95. The van der Waals surface area contributed by atoms with Gasteiger partial charge in [-0.05, 0) is 30.7 Å². The molecule has 0 saturated carbocycles. The van der Waals surface area contributed by atoms with E-state index in [1.54, 1.807) is 35.6 Å². The van der Waals surface area contributed by atoms with Gasteiger partial charge in [0.15, 0.2) is 0 Å². The zero-order chi connectivity index (χ0) is 14.4. The third-order valence-electron chi connectivity index (χ3n) is 2.49. The smallest absolute Gasteiger partial charge is 0.131 e. The van der Waals surface area contributed by atoms with Crippen molar-refractivity contribution in [2.75, 3.05) is 0 Å². The summed E-state index contributed by atoms with van der Waals surface area (Å²) >= 11 is 1.59. The lowest BCUT2D eigenvalue weighted by Gasteiger charge is -2.04.